The summed E-state index contributed by atoms with van der Waals surface area (Å²) in [7, 11) is 0. The van der Waals surface area contributed by atoms with Gasteiger partial charge in [-0.3, -0.25) is 4.99 Å². The first-order chi connectivity index (χ1) is 9.47. The van der Waals surface area contributed by atoms with Crippen molar-refractivity contribution in [3.63, 3.8) is 0 Å². The van der Waals surface area contributed by atoms with E-state index < -0.39 is 5.83 Å². The van der Waals surface area contributed by atoms with E-state index in [1.54, 1.807) is 12.2 Å². The third kappa shape index (κ3) is 6.14. The second-order valence-corrected chi connectivity index (χ2v) is 4.41. The molecule has 0 aliphatic rings. The number of allylic oxidation sites excluding steroid dienone is 8. The SMILES string of the molecule is C=CCC/C=C(C(/C=C(/N)C=C)=C(C)C)\C(F)=C/N=C. The van der Waals surface area contributed by atoms with E-state index in [0.717, 1.165) is 23.8 Å². The lowest BCUT2D eigenvalue weighted by atomic mass is 9.97. The minimum Gasteiger partial charge on any atom is -0.399 e. The van der Waals surface area contributed by atoms with E-state index in [2.05, 4.69) is 24.9 Å². The predicted molar refractivity (Wildman–Crippen MR) is 87.1 cm³/mol. The van der Waals surface area contributed by atoms with Crippen LogP contribution in [0.5, 0.6) is 0 Å². The standard InChI is InChI=1S/C17H23FN2/c1-6-8-9-10-15(17(18)12-20-5)16(13(3)4)11-14(19)7-2/h6-7,10-12H,1-2,5,8-9,19H2,3-4H3/b14-11+,15-10-,17-12+. The van der Waals surface area contributed by atoms with E-state index in [-0.39, 0.29) is 0 Å². The van der Waals surface area contributed by atoms with Crippen LogP contribution in [-0.2, 0) is 0 Å². The topological polar surface area (TPSA) is 38.4 Å². The van der Waals surface area contributed by atoms with Crippen molar-refractivity contribution in [2.75, 3.05) is 0 Å². The van der Waals surface area contributed by atoms with Gasteiger partial charge in [-0.25, -0.2) is 4.39 Å². The molecule has 0 bridgehead atoms. The Balaban J connectivity index is 5.80. The number of hydrogen-bond donors (Lipinski definition) is 1. The van der Waals surface area contributed by atoms with Crippen molar-refractivity contribution in [2.24, 2.45) is 10.7 Å². The van der Waals surface area contributed by atoms with Gasteiger partial charge in [-0.2, -0.15) is 0 Å². The second-order valence-electron chi connectivity index (χ2n) is 4.41. The Bertz CT molecular complexity index is 487. The third-order valence-corrected chi connectivity index (χ3v) is 2.56. The molecule has 0 atom stereocenters. The summed E-state index contributed by atoms with van der Waals surface area (Å²) in [6.07, 6.45) is 9.40. The smallest absolute Gasteiger partial charge is 0.148 e. The van der Waals surface area contributed by atoms with Crippen LogP contribution in [0.4, 0.5) is 4.39 Å². The van der Waals surface area contributed by atoms with Gasteiger partial charge < -0.3 is 5.73 Å². The van der Waals surface area contributed by atoms with Crippen LogP contribution in [0.3, 0.4) is 0 Å². The van der Waals surface area contributed by atoms with E-state index >= 15 is 0 Å². The zero-order valence-corrected chi connectivity index (χ0v) is 12.3. The maximum atomic E-state index is 14.2. The summed E-state index contributed by atoms with van der Waals surface area (Å²) in [5.41, 5.74) is 8.39. The highest BCUT2D eigenvalue weighted by molar-refractivity contribution is 5.53. The van der Waals surface area contributed by atoms with Crippen molar-refractivity contribution < 1.29 is 4.39 Å². The number of hydrogen-bond acceptors (Lipinski definition) is 2. The zero-order valence-electron chi connectivity index (χ0n) is 12.3. The molecule has 3 heteroatoms. The number of nitrogens with zero attached hydrogens (tertiary/aromatic N) is 1. The summed E-state index contributed by atoms with van der Waals surface area (Å²) >= 11 is 0. The Morgan fingerprint density at radius 3 is 2.35 bits per heavy atom. The Labute approximate surface area is 121 Å². The fraction of sp³-hybridized carbons (Fsp3) is 0.235. The molecule has 0 fully saturated rings. The third-order valence-electron chi connectivity index (χ3n) is 2.56. The molecule has 0 aliphatic heterocycles. The van der Waals surface area contributed by atoms with Gasteiger partial charge in [0.05, 0.1) is 6.20 Å². The van der Waals surface area contributed by atoms with Crippen LogP contribution in [0.15, 0.2) is 76.9 Å². The molecular weight excluding hydrogens is 251 g/mol. The summed E-state index contributed by atoms with van der Waals surface area (Å²) in [6, 6.07) is 0. The quantitative estimate of drug-likeness (QED) is 0.295. The number of unbranched alkanes of at least 4 members (excludes halogenated alkanes) is 1. The molecule has 0 aliphatic carbocycles. The normalized spacial score (nSPS) is 12.8. The van der Waals surface area contributed by atoms with Gasteiger partial charge in [0, 0.05) is 11.3 Å². The van der Waals surface area contributed by atoms with Crippen molar-refractivity contribution >= 4 is 6.72 Å². The van der Waals surface area contributed by atoms with Crippen molar-refractivity contribution in [3.8, 4) is 0 Å². The van der Waals surface area contributed by atoms with Crippen LogP contribution in [0.2, 0.25) is 0 Å². The highest BCUT2D eigenvalue weighted by Crippen LogP contribution is 2.26. The minimum atomic E-state index is -0.437. The van der Waals surface area contributed by atoms with Crippen LogP contribution < -0.4 is 5.73 Å². The molecule has 20 heavy (non-hydrogen) atoms. The Hall–Kier alpha value is -2.16. The fourth-order valence-electron chi connectivity index (χ4n) is 1.55. The van der Waals surface area contributed by atoms with Gasteiger partial charge in [0.2, 0.25) is 0 Å². The first-order valence-electron chi connectivity index (χ1n) is 6.38. The molecule has 0 aromatic rings. The van der Waals surface area contributed by atoms with Crippen LogP contribution in [0.1, 0.15) is 26.7 Å². The predicted octanol–water partition coefficient (Wildman–Crippen LogP) is 4.76. The monoisotopic (exact) mass is 274 g/mol. The van der Waals surface area contributed by atoms with Crippen molar-refractivity contribution in [2.45, 2.75) is 26.7 Å². The molecule has 0 heterocycles. The molecule has 0 saturated heterocycles. The Kier molecular flexibility index (Phi) is 8.68. The summed E-state index contributed by atoms with van der Waals surface area (Å²) in [6.45, 7) is 14.3. The molecule has 0 aromatic carbocycles. The molecule has 0 saturated carbocycles. The highest BCUT2D eigenvalue weighted by atomic mass is 19.1. The lowest BCUT2D eigenvalue weighted by Gasteiger charge is -2.10. The van der Waals surface area contributed by atoms with E-state index in [1.807, 2.05) is 19.9 Å². The van der Waals surface area contributed by atoms with Gasteiger partial charge in [-0.15, -0.1) is 6.58 Å². The van der Waals surface area contributed by atoms with Crippen molar-refractivity contribution in [1.29, 1.82) is 0 Å². The number of rotatable bonds is 8. The summed E-state index contributed by atoms with van der Waals surface area (Å²) in [5, 5.41) is 0. The van der Waals surface area contributed by atoms with Crippen molar-refractivity contribution in [1.82, 2.24) is 0 Å². The van der Waals surface area contributed by atoms with Crippen LogP contribution >= 0.6 is 0 Å². The Morgan fingerprint density at radius 2 is 1.90 bits per heavy atom. The molecule has 0 aromatic heterocycles. The first-order valence-corrected chi connectivity index (χ1v) is 6.38. The molecule has 0 rings (SSSR count). The summed E-state index contributed by atoms with van der Waals surface area (Å²) in [5.74, 6) is -0.437. The molecule has 0 radical (unpaired) electrons. The van der Waals surface area contributed by atoms with E-state index in [1.165, 1.54) is 6.08 Å². The highest BCUT2D eigenvalue weighted by Gasteiger charge is 2.10. The number of nitrogens with two attached hydrogens (primary N) is 1. The van der Waals surface area contributed by atoms with E-state index in [9.17, 15) is 4.39 Å². The minimum absolute atomic E-state index is 0.437. The zero-order chi connectivity index (χ0) is 15.5. The van der Waals surface area contributed by atoms with E-state index in [0.29, 0.717) is 17.7 Å². The molecule has 0 unspecified atom stereocenters. The van der Waals surface area contributed by atoms with E-state index in [4.69, 9.17) is 5.73 Å². The van der Waals surface area contributed by atoms with Gasteiger partial charge >= 0.3 is 0 Å². The molecular formula is C17H23FN2. The maximum absolute atomic E-state index is 14.2. The average Bonchev–Trinajstić information content (AvgIpc) is 2.41. The largest absolute Gasteiger partial charge is 0.399 e. The van der Waals surface area contributed by atoms with Crippen molar-refractivity contribution in [3.05, 3.63) is 71.9 Å². The second kappa shape index (κ2) is 9.73. The lowest BCUT2D eigenvalue weighted by Crippen LogP contribution is -1.98. The van der Waals surface area contributed by atoms with Gasteiger partial charge in [0.25, 0.3) is 0 Å². The molecule has 0 spiro atoms. The van der Waals surface area contributed by atoms with Gasteiger partial charge in [-0.1, -0.05) is 24.3 Å². The Morgan fingerprint density at radius 1 is 1.25 bits per heavy atom. The van der Waals surface area contributed by atoms with Gasteiger partial charge in [-0.05, 0) is 51.1 Å². The molecule has 0 amide bonds. The number of halogens is 1. The van der Waals surface area contributed by atoms with Gasteiger partial charge in [0.1, 0.15) is 5.83 Å². The lowest BCUT2D eigenvalue weighted by molar-refractivity contribution is 0.650. The average molecular weight is 274 g/mol. The molecule has 2 nitrogen and oxygen atoms in total. The van der Waals surface area contributed by atoms with Crippen LogP contribution in [0.25, 0.3) is 0 Å². The summed E-state index contributed by atoms with van der Waals surface area (Å²) in [4.78, 5) is 3.48. The summed E-state index contributed by atoms with van der Waals surface area (Å²) < 4.78 is 14.2. The maximum Gasteiger partial charge on any atom is 0.148 e. The van der Waals surface area contributed by atoms with Crippen LogP contribution in [-0.4, -0.2) is 6.72 Å². The number of aliphatic imine (C=N–C) groups is 1. The fourth-order valence-corrected chi connectivity index (χ4v) is 1.55. The molecule has 108 valence electrons. The first kappa shape index (κ1) is 17.8. The molecule has 2 N–H and O–H groups in total. The van der Waals surface area contributed by atoms with Crippen LogP contribution in [0, 0.1) is 0 Å². The van der Waals surface area contributed by atoms with Gasteiger partial charge in [0.15, 0.2) is 0 Å².